The molecule has 2 aliphatic rings. The summed E-state index contributed by atoms with van der Waals surface area (Å²) in [5, 5.41) is 14.9. The van der Waals surface area contributed by atoms with E-state index in [0.717, 1.165) is 31.4 Å². The average molecular weight is 381 g/mol. The molecule has 1 aliphatic carbocycles. The smallest absolute Gasteiger partial charge is 0.258 e. The summed E-state index contributed by atoms with van der Waals surface area (Å²) in [6.45, 7) is 5.33. The number of aromatic amines is 1. The summed E-state index contributed by atoms with van der Waals surface area (Å²) >= 11 is 0. The molecular formula is C19H23N7O2. The molecule has 1 saturated heterocycles. The van der Waals surface area contributed by atoms with Gasteiger partial charge in [0.2, 0.25) is 5.71 Å². The van der Waals surface area contributed by atoms with Gasteiger partial charge in [0.1, 0.15) is 17.9 Å². The summed E-state index contributed by atoms with van der Waals surface area (Å²) in [6, 6.07) is 0. The Morgan fingerprint density at radius 2 is 2.11 bits per heavy atom. The predicted octanol–water partition coefficient (Wildman–Crippen LogP) is 2.63. The number of aryl methyl sites for hydroxylation is 1. The molecule has 4 heterocycles. The number of aromatic nitrogens is 5. The van der Waals surface area contributed by atoms with Crippen LogP contribution in [-0.4, -0.2) is 54.8 Å². The molecular weight excluding hydrogens is 358 g/mol. The van der Waals surface area contributed by atoms with Gasteiger partial charge < -0.3 is 14.6 Å². The van der Waals surface area contributed by atoms with Crippen LogP contribution in [0.1, 0.15) is 60.3 Å². The van der Waals surface area contributed by atoms with E-state index in [2.05, 4.69) is 37.6 Å². The van der Waals surface area contributed by atoms with Crippen molar-refractivity contribution < 1.29 is 9.21 Å². The van der Waals surface area contributed by atoms with Crippen LogP contribution >= 0.6 is 0 Å². The Morgan fingerprint density at radius 3 is 2.79 bits per heavy atom. The Labute approximate surface area is 161 Å². The van der Waals surface area contributed by atoms with Crippen molar-refractivity contribution in [1.82, 2.24) is 30.3 Å². The van der Waals surface area contributed by atoms with E-state index in [1.165, 1.54) is 6.33 Å². The van der Waals surface area contributed by atoms with Crippen LogP contribution in [0.5, 0.6) is 0 Å². The van der Waals surface area contributed by atoms with Gasteiger partial charge in [0.25, 0.3) is 5.91 Å². The fraction of sp³-hybridized carbons (Fsp3) is 0.526. The standard InChI is InChI=1S/C19H23N7O2/c1-11-14(15-16(23-19(2)5-6-19)20-10-21-17(15)28-11)18(27)26-7-3-12(4-8-26)13-9-22-25-24-13/h9-10,12H,3-8H2,1-2H3,(H,20,21,23)(H,22,24,25). The predicted molar refractivity (Wildman–Crippen MR) is 102 cm³/mol. The molecule has 0 bridgehead atoms. The lowest BCUT2D eigenvalue weighted by molar-refractivity contribution is 0.0712. The number of H-pyrrole nitrogens is 1. The Morgan fingerprint density at radius 1 is 1.32 bits per heavy atom. The molecule has 1 amide bonds. The van der Waals surface area contributed by atoms with Gasteiger partial charge in [-0.3, -0.25) is 4.79 Å². The molecule has 3 aromatic rings. The topological polar surface area (TPSA) is 113 Å². The van der Waals surface area contributed by atoms with Crippen molar-refractivity contribution in [2.45, 2.75) is 51.0 Å². The molecule has 146 valence electrons. The Balaban J connectivity index is 1.42. The first-order chi connectivity index (χ1) is 13.5. The summed E-state index contributed by atoms with van der Waals surface area (Å²) in [5.41, 5.74) is 2.04. The number of fused-ring (bicyclic) bond motifs is 1. The zero-order valence-electron chi connectivity index (χ0n) is 16.0. The van der Waals surface area contributed by atoms with Crippen molar-refractivity contribution >= 4 is 22.8 Å². The van der Waals surface area contributed by atoms with Gasteiger partial charge in [-0.25, -0.2) is 9.97 Å². The summed E-state index contributed by atoms with van der Waals surface area (Å²) in [4.78, 5) is 23.9. The van der Waals surface area contributed by atoms with Gasteiger partial charge in [-0.15, -0.1) is 0 Å². The highest BCUT2D eigenvalue weighted by Crippen LogP contribution is 2.40. The maximum absolute atomic E-state index is 13.4. The molecule has 2 N–H and O–H groups in total. The lowest BCUT2D eigenvalue weighted by Gasteiger charge is -2.31. The quantitative estimate of drug-likeness (QED) is 0.714. The van der Waals surface area contributed by atoms with Gasteiger partial charge in [0.05, 0.1) is 22.8 Å². The molecule has 0 spiro atoms. The third-order valence-corrected chi connectivity index (χ3v) is 5.93. The molecule has 2 fully saturated rings. The fourth-order valence-corrected chi connectivity index (χ4v) is 3.94. The van der Waals surface area contributed by atoms with E-state index in [0.29, 0.717) is 47.2 Å². The third kappa shape index (κ3) is 2.90. The number of likely N-dealkylation sites (tertiary alicyclic amines) is 1. The first kappa shape index (κ1) is 17.2. The number of carbonyl (C=O) groups excluding carboxylic acids is 1. The second-order valence-corrected chi connectivity index (χ2v) is 8.08. The summed E-state index contributed by atoms with van der Waals surface area (Å²) < 4.78 is 5.81. The van der Waals surface area contributed by atoms with Crippen molar-refractivity contribution in [1.29, 1.82) is 0 Å². The normalized spacial score (nSPS) is 19.1. The Bertz CT molecular complexity index is 1010. The number of anilines is 1. The molecule has 0 radical (unpaired) electrons. The minimum atomic E-state index is -0.0198. The molecule has 0 aromatic carbocycles. The van der Waals surface area contributed by atoms with Crippen molar-refractivity contribution in [2.75, 3.05) is 18.4 Å². The second kappa shape index (κ2) is 6.29. The van der Waals surface area contributed by atoms with Crippen LogP contribution in [0, 0.1) is 6.92 Å². The molecule has 1 aliphatic heterocycles. The number of furan rings is 1. The summed E-state index contributed by atoms with van der Waals surface area (Å²) in [6.07, 6.45) is 7.17. The minimum Gasteiger partial charge on any atom is -0.442 e. The van der Waals surface area contributed by atoms with Crippen molar-refractivity contribution in [3.63, 3.8) is 0 Å². The minimum absolute atomic E-state index is 0.0198. The molecule has 0 unspecified atom stereocenters. The van der Waals surface area contributed by atoms with E-state index in [1.807, 2.05) is 11.8 Å². The van der Waals surface area contributed by atoms with E-state index in [-0.39, 0.29) is 11.4 Å². The lowest BCUT2D eigenvalue weighted by atomic mass is 9.93. The van der Waals surface area contributed by atoms with E-state index in [9.17, 15) is 4.79 Å². The monoisotopic (exact) mass is 381 g/mol. The maximum Gasteiger partial charge on any atom is 0.258 e. The number of rotatable bonds is 4. The van der Waals surface area contributed by atoms with Crippen LogP contribution in [0.25, 0.3) is 11.1 Å². The van der Waals surface area contributed by atoms with E-state index < -0.39 is 0 Å². The fourth-order valence-electron chi connectivity index (χ4n) is 3.94. The van der Waals surface area contributed by atoms with Crippen LogP contribution < -0.4 is 5.32 Å². The van der Waals surface area contributed by atoms with E-state index in [1.54, 1.807) is 6.20 Å². The average Bonchev–Trinajstić information content (AvgIpc) is 3.11. The molecule has 9 nitrogen and oxygen atoms in total. The van der Waals surface area contributed by atoms with Crippen LogP contribution in [0.15, 0.2) is 16.9 Å². The van der Waals surface area contributed by atoms with Crippen molar-refractivity contribution in [2.24, 2.45) is 0 Å². The van der Waals surface area contributed by atoms with Crippen LogP contribution in [0.3, 0.4) is 0 Å². The molecule has 9 heteroatoms. The van der Waals surface area contributed by atoms with Crippen LogP contribution in [0.4, 0.5) is 5.82 Å². The molecule has 28 heavy (non-hydrogen) atoms. The first-order valence-electron chi connectivity index (χ1n) is 9.71. The Hall–Kier alpha value is -2.97. The third-order valence-electron chi connectivity index (χ3n) is 5.93. The first-order valence-corrected chi connectivity index (χ1v) is 9.71. The molecule has 1 saturated carbocycles. The molecule has 5 rings (SSSR count). The Kier molecular flexibility index (Phi) is 3.85. The molecule has 0 atom stereocenters. The van der Waals surface area contributed by atoms with Gasteiger partial charge in [-0.1, -0.05) is 0 Å². The van der Waals surface area contributed by atoms with Crippen molar-refractivity contribution in [3.8, 4) is 0 Å². The number of hydrogen-bond donors (Lipinski definition) is 2. The van der Waals surface area contributed by atoms with Gasteiger partial charge >= 0.3 is 0 Å². The summed E-state index contributed by atoms with van der Waals surface area (Å²) in [5.74, 6) is 1.58. The largest absolute Gasteiger partial charge is 0.442 e. The summed E-state index contributed by atoms with van der Waals surface area (Å²) in [7, 11) is 0. The van der Waals surface area contributed by atoms with Gasteiger partial charge in [0, 0.05) is 24.5 Å². The van der Waals surface area contributed by atoms with E-state index >= 15 is 0 Å². The SMILES string of the molecule is Cc1oc2ncnc(NC3(C)CC3)c2c1C(=O)N1CCC(c2cn[nH]n2)CC1. The van der Waals surface area contributed by atoms with Gasteiger partial charge in [-0.05, 0) is 39.5 Å². The van der Waals surface area contributed by atoms with Gasteiger partial charge in [-0.2, -0.15) is 15.4 Å². The number of piperidine rings is 1. The number of hydrogen-bond acceptors (Lipinski definition) is 7. The van der Waals surface area contributed by atoms with E-state index in [4.69, 9.17) is 4.42 Å². The second-order valence-electron chi connectivity index (χ2n) is 8.08. The number of nitrogens with one attached hydrogen (secondary N) is 2. The number of amides is 1. The highest BCUT2D eigenvalue weighted by molar-refractivity contribution is 6.10. The van der Waals surface area contributed by atoms with Crippen LogP contribution in [0.2, 0.25) is 0 Å². The lowest BCUT2D eigenvalue weighted by Crippen LogP contribution is -2.38. The van der Waals surface area contributed by atoms with Gasteiger partial charge in [0.15, 0.2) is 0 Å². The highest BCUT2D eigenvalue weighted by Gasteiger charge is 2.39. The van der Waals surface area contributed by atoms with Crippen LogP contribution in [-0.2, 0) is 0 Å². The highest BCUT2D eigenvalue weighted by atomic mass is 16.3. The van der Waals surface area contributed by atoms with Crippen molar-refractivity contribution in [3.05, 3.63) is 29.5 Å². The number of carbonyl (C=O) groups is 1. The zero-order valence-corrected chi connectivity index (χ0v) is 16.0. The maximum atomic E-state index is 13.4. The number of nitrogens with zero attached hydrogens (tertiary/aromatic N) is 5. The molecule has 3 aromatic heterocycles. The zero-order chi connectivity index (χ0) is 19.3.